The molecule has 0 radical (unpaired) electrons. The minimum absolute atomic E-state index is 0.0305. The van der Waals surface area contributed by atoms with E-state index in [2.05, 4.69) is 10.1 Å². The molecule has 2 aromatic heterocycles. The predicted molar refractivity (Wildman–Crippen MR) is 119 cm³/mol. The van der Waals surface area contributed by atoms with Crippen molar-refractivity contribution < 1.29 is 18.3 Å². The molecule has 1 saturated heterocycles. The molecule has 0 spiro atoms. The fraction of sp³-hybridized carbons (Fsp3) is 0.292. The maximum absolute atomic E-state index is 13.3. The van der Waals surface area contributed by atoms with Gasteiger partial charge in [0.1, 0.15) is 5.82 Å². The molecular formula is C24H22F3N5O. The number of anilines is 1. The summed E-state index contributed by atoms with van der Waals surface area (Å²) >= 11 is 0. The highest BCUT2D eigenvalue weighted by atomic mass is 19.4. The van der Waals surface area contributed by atoms with Crippen molar-refractivity contribution >= 4 is 16.9 Å². The zero-order valence-corrected chi connectivity index (χ0v) is 17.7. The second-order valence-electron chi connectivity index (χ2n) is 8.10. The summed E-state index contributed by atoms with van der Waals surface area (Å²) in [4.78, 5) is 11.4. The maximum Gasteiger partial charge on any atom is 0.416 e. The van der Waals surface area contributed by atoms with Crippen LogP contribution < -0.4 is 4.90 Å². The van der Waals surface area contributed by atoms with Crippen LogP contribution in [0.4, 0.5) is 19.0 Å². The molecule has 6 nitrogen and oxygen atoms in total. The van der Waals surface area contributed by atoms with Crippen molar-refractivity contribution in [1.82, 2.24) is 19.7 Å². The van der Waals surface area contributed by atoms with E-state index in [-0.39, 0.29) is 24.0 Å². The van der Waals surface area contributed by atoms with Crippen LogP contribution in [0, 0.1) is 0 Å². The summed E-state index contributed by atoms with van der Waals surface area (Å²) in [5.74, 6) is 0.761. The molecule has 33 heavy (non-hydrogen) atoms. The molecule has 1 aliphatic rings. The van der Waals surface area contributed by atoms with Crippen molar-refractivity contribution in [1.29, 1.82) is 0 Å². The molecule has 1 atom stereocenters. The molecular weight excluding hydrogens is 431 g/mol. The summed E-state index contributed by atoms with van der Waals surface area (Å²) < 4.78 is 41.7. The molecule has 5 rings (SSSR count). The van der Waals surface area contributed by atoms with Crippen LogP contribution in [0.1, 0.15) is 24.8 Å². The van der Waals surface area contributed by atoms with Crippen molar-refractivity contribution in [2.24, 2.45) is 0 Å². The van der Waals surface area contributed by atoms with Gasteiger partial charge in [0, 0.05) is 12.1 Å². The fourth-order valence-electron chi connectivity index (χ4n) is 4.30. The van der Waals surface area contributed by atoms with Gasteiger partial charge in [0.2, 0.25) is 0 Å². The lowest BCUT2D eigenvalue weighted by Gasteiger charge is -2.36. The number of aromatic nitrogens is 4. The van der Waals surface area contributed by atoms with E-state index in [4.69, 9.17) is 4.98 Å². The zero-order chi connectivity index (χ0) is 23.0. The summed E-state index contributed by atoms with van der Waals surface area (Å²) in [6, 6.07) is 14.3. The van der Waals surface area contributed by atoms with E-state index < -0.39 is 11.7 Å². The SMILES string of the molecule is OCC1CCCCN1c1nc(-c2cccc(C(F)(F)F)c2)nc2c1cnn2-c1ccccc1. The topological polar surface area (TPSA) is 67.1 Å². The van der Waals surface area contributed by atoms with Gasteiger partial charge in [-0.2, -0.15) is 18.3 Å². The van der Waals surface area contributed by atoms with Crippen molar-refractivity contribution in [3.05, 3.63) is 66.4 Å². The number of benzene rings is 2. The van der Waals surface area contributed by atoms with Gasteiger partial charge >= 0.3 is 6.18 Å². The second-order valence-corrected chi connectivity index (χ2v) is 8.10. The average molecular weight is 453 g/mol. The molecule has 0 aliphatic carbocycles. The lowest BCUT2D eigenvalue weighted by Crippen LogP contribution is -2.42. The van der Waals surface area contributed by atoms with Gasteiger partial charge in [0.15, 0.2) is 11.5 Å². The number of aliphatic hydroxyl groups excluding tert-OH is 1. The van der Waals surface area contributed by atoms with E-state index in [1.165, 1.54) is 6.07 Å². The summed E-state index contributed by atoms with van der Waals surface area (Å²) in [5, 5.41) is 15.2. The Kier molecular flexibility index (Phi) is 5.49. The Labute approximate surface area is 188 Å². The van der Waals surface area contributed by atoms with Crippen LogP contribution in [0.2, 0.25) is 0 Å². The maximum atomic E-state index is 13.3. The van der Waals surface area contributed by atoms with Crippen molar-refractivity contribution in [2.75, 3.05) is 18.1 Å². The van der Waals surface area contributed by atoms with Gasteiger partial charge in [-0.25, -0.2) is 14.6 Å². The van der Waals surface area contributed by atoms with Crippen LogP contribution in [0.5, 0.6) is 0 Å². The van der Waals surface area contributed by atoms with Crippen LogP contribution in [0.25, 0.3) is 28.1 Å². The van der Waals surface area contributed by atoms with Crippen LogP contribution in [0.3, 0.4) is 0 Å². The monoisotopic (exact) mass is 453 g/mol. The first-order chi connectivity index (χ1) is 16.0. The second kappa shape index (κ2) is 8.47. The number of alkyl halides is 3. The third kappa shape index (κ3) is 4.04. The van der Waals surface area contributed by atoms with Gasteiger partial charge in [0.25, 0.3) is 0 Å². The molecule has 3 heterocycles. The van der Waals surface area contributed by atoms with Crippen molar-refractivity contribution in [3.63, 3.8) is 0 Å². The normalized spacial score (nSPS) is 17.0. The Bertz CT molecular complexity index is 1270. The fourth-order valence-corrected chi connectivity index (χ4v) is 4.30. The molecule has 4 aromatic rings. The minimum Gasteiger partial charge on any atom is -0.394 e. The Morgan fingerprint density at radius 2 is 1.82 bits per heavy atom. The summed E-state index contributed by atoms with van der Waals surface area (Å²) in [5.41, 5.74) is 0.796. The van der Waals surface area contributed by atoms with Gasteiger partial charge < -0.3 is 10.0 Å². The number of hydrogen-bond acceptors (Lipinski definition) is 5. The highest BCUT2D eigenvalue weighted by Crippen LogP contribution is 2.35. The van der Waals surface area contributed by atoms with E-state index in [1.54, 1.807) is 16.9 Å². The van der Waals surface area contributed by atoms with Gasteiger partial charge in [-0.05, 0) is 43.5 Å². The summed E-state index contributed by atoms with van der Waals surface area (Å²) in [6.07, 6.45) is -0.0403. The zero-order valence-electron chi connectivity index (χ0n) is 17.7. The Balaban J connectivity index is 1.73. The number of nitrogens with zero attached hydrogens (tertiary/aromatic N) is 5. The number of piperidine rings is 1. The Morgan fingerprint density at radius 1 is 1.00 bits per heavy atom. The Hall–Kier alpha value is -3.46. The van der Waals surface area contributed by atoms with Crippen LogP contribution in [-0.2, 0) is 6.18 Å². The molecule has 9 heteroatoms. The lowest BCUT2D eigenvalue weighted by molar-refractivity contribution is -0.137. The number of aliphatic hydroxyl groups is 1. The van der Waals surface area contributed by atoms with Crippen molar-refractivity contribution in [3.8, 4) is 17.1 Å². The van der Waals surface area contributed by atoms with Gasteiger partial charge in [0.05, 0.1) is 35.5 Å². The quantitative estimate of drug-likeness (QED) is 0.478. The van der Waals surface area contributed by atoms with E-state index in [1.807, 2.05) is 35.2 Å². The van der Waals surface area contributed by atoms with E-state index in [9.17, 15) is 18.3 Å². The van der Waals surface area contributed by atoms with Gasteiger partial charge in [-0.15, -0.1) is 0 Å². The summed E-state index contributed by atoms with van der Waals surface area (Å²) in [7, 11) is 0. The minimum atomic E-state index is -4.47. The standard InChI is InChI=1S/C24H22F3N5O/c25-24(26,27)17-8-6-7-16(13-17)21-29-22(31-12-5-4-11-19(31)15-33)20-14-28-32(23(20)30-21)18-9-2-1-3-10-18/h1-3,6-10,13-14,19,33H,4-5,11-12,15H2. The molecule has 2 aromatic carbocycles. The first-order valence-corrected chi connectivity index (χ1v) is 10.8. The largest absolute Gasteiger partial charge is 0.416 e. The third-order valence-corrected chi connectivity index (χ3v) is 5.97. The molecule has 1 aliphatic heterocycles. The highest BCUT2D eigenvalue weighted by Gasteiger charge is 2.31. The molecule has 1 unspecified atom stereocenters. The smallest absolute Gasteiger partial charge is 0.394 e. The number of hydrogen-bond donors (Lipinski definition) is 1. The molecule has 1 N–H and O–H groups in total. The molecule has 1 fully saturated rings. The number of para-hydroxylation sites is 1. The van der Waals surface area contributed by atoms with Crippen molar-refractivity contribution in [2.45, 2.75) is 31.5 Å². The first-order valence-electron chi connectivity index (χ1n) is 10.8. The molecule has 0 bridgehead atoms. The molecule has 0 amide bonds. The number of halogens is 3. The van der Waals surface area contributed by atoms with Gasteiger partial charge in [-0.3, -0.25) is 0 Å². The van der Waals surface area contributed by atoms with Crippen LogP contribution in [-0.4, -0.2) is 44.0 Å². The predicted octanol–water partition coefficient (Wildman–Crippen LogP) is 4.85. The first kappa shape index (κ1) is 21.4. The average Bonchev–Trinajstić information content (AvgIpc) is 3.27. The Morgan fingerprint density at radius 3 is 2.58 bits per heavy atom. The van der Waals surface area contributed by atoms with E-state index in [0.29, 0.717) is 23.4 Å². The summed E-state index contributed by atoms with van der Waals surface area (Å²) in [6.45, 7) is 0.660. The molecule has 170 valence electrons. The van der Waals surface area contributed by atoms with Crippen LogP contribution >= 0.6 is 0 Å². The lowest BCUT2D eigenvalue weighted by atomic mass is 10.0. The molecule has 0 saturated carbocycles. The number of rotatable bonds is 4. The van der Waals surface area contributed by atoms with E-state index >= 15 is 0 Å². The highest BCUT2D eigenvalue weighted by molar-refractivity contribution is 5.90. The van der Waals surface area contributed by atoms with Crippen LogP contribution in [0.15, 0.2) is 60.8 Å². The van der Waals surface area contributed by atoms with Gasteiger partial charge in [-0.1, -0.05) is 30.3 Å². The third-order valence-electron chi connectivity index (χ3n) is 5.97. The van der Waals surface area contributed by atoms with E-state index in [0.717, 1.165) is 37.1 Å². The number of fused-ring (bicyclic) bond motifs is 1.